The van der Waals surface area contributed by atoms with E-state index in [4.69, 9.17) is 0 Å². The maximum absolute atomic E-state index is 9.54. The Morgan fingerprint density at radius 3 is 1.55 bits per heavy atom. The molecule has 153 valence electrons. The van der Waals surface area contributed by atoms with Crippen LogP contribution in [0.3, 0.4) is 0 Å². The van der Waals surface area contributed by atoms with Gasteiger partial charge in [0.1, 0.15) is 0 Å². The van der Waals surface area contributed by atoms with Crippen molar-refractivity contribution in [1.82, 2.24) is 0 Å². The SMILES string of the molecule is O[B]c1cccc(-c2ccc3c(c2)C2(c4ccccc4-c4ccccc42)c2ccccc2-3)c1. The first-order valence-corrected chi connectivity index (χ1v) is 11.3. The average Bonchev–Trinajstić information content (AvgIpc) is 3.36. The minimum Gasteiger partial charge on any atom is -0.450 e. The van der Waals surface area contributed by atoms with Gasteiger partial charge < -0.3 is 5.02 Å². The summed E-state index contributed by atoms with van der Waals surface area (Å²) >= 11 is 0. The predicted molar refractivity (Wildman–Crippen MR) is 136 cm³/mol. The Morgan fingerprint density at radius 1 is 0.455 bits per heavy atom. The van der Waals surface area contributed by atoms with Crippen molar-refractivity contribution in [1.29, 1.82) is 0 Å². The van der Waals surface area contributed by atoms with Crippen molar-refractivity contribution in [3.05, 3.63) is 138 Å². The first-order chi connectivity index (χ1) is 16.3. The first-order valence-electron chi connectivity index (χ1n) is 11.3. The molecule has 2 aliphatic carbocycles. The van der Waals surface area contributed by atoms with Crippen molar-refractivity contribution >= 4 is 12.9 Å². The molecule has 5 aromatic carbocycles. The minimum atomic E-state index is -0.324. The molecule has 0 aromatic heterocycles. The van der Waals surface area contributed by atoms with Crippen LogP contribution in [0.4, 0.5) is 0 Å². The van der Waals surface area contributed by atoms with Crippen LogP contribution in [-0.2, 0) is 5.41 Å². The molecule has 0 saturated heterocycles. The maximum Gasteiger partial charge on any atom is 0.326 e. The van der Waals surface area contributed by atoms with Crippen molar-refractivity contribution in [2.45, 2.75) is 5.41 Å². The molecule has 0 bridgehead atoms. The quantitative estimate of drug-likeness (QED) is 0.344. The summed E-state index contributed by atoms with van der Waals surface area (Å²) in [7, 11) is 1.16. The van der Waals surface area contributed by atoms with Gasteiger partial charge in [0.25, 0.3) is 0 Å². The van der Waals surface area contributed by atoms with Crippen LogP contribution in [0.2, 0.25) is 0 Å². The third-order valence-corrected chi connectivity index (χ3v) is 7.37. The molecule has 1 spiro atoms. The zero-order valence-electron chi connectivity index (χ0n) is 18.0. The van der Waals surface area contributed by atoms with Gasteiger partial charge in [-0.1, -0.05) is 115 Å². The minimum absolute atomic E-state index is 0.324. The molecular weight excluding hydrogens is 399 g/mol. The smallest absolute Gasteiger partial charge is 0.326 e. The number of hydrogen-bond donors (Lipinski definition) is 1. The zero-order chi connectivity index (χ0) is 22.0. The summed E-state index contributed by atoms with van der Waals surface area (Å²) in [5.41, 5.74) is 13.4. The highest BCUT2D eigenvalue weighted by Gasteiger charge is 2.51. The second kappa shape index (κ2) is 6.81. The van der Waals surface area contributed by atoms with E-state index in [1.165, 1.54) is 44.5 Å². The molecule has 1 radical (unpaired) electrons. The maximum atomic E-state index is 9.54. The molecule has 1 nitrogen and oxygen atoms in total. The van der Waals surface area contributed by atoms with Gasteiger partial charge in [0.05, 0.1) is 5.41 Å². The molecule has 1 N–H and O–H groups in total. The number of fused-ring (bicyclic) bond motifs is 10. The fourth-order valence-electron chi connectivity index (χ4n) is 6.07. The van der Waals surface area contributed by atoms with E-state index in [-0.39, 0.29) is 5.41 Å². The van der Waals surface area contributed by atoms with Crippen LogP contribution >= 0.6 is 0 Å². The van der Waals surface area contributed by atoms with E-state index in [1.54, 1.807) is 0 Å². The largest absolute Gasteiger partial charge is 0.450 e. The van der Waals surface area contributed by atoms with Crippen LogP contribution < -0.4 is 5.46 Å². The summed E-state index contributed by atoms with van der Waals surface area (Å²) < 4.78 is 0. The van der Waals surface area contributed by atoms with E-state index in [9.17, 15) is 5.02 Å². The van der Waals surface area contributed by atoms with Crippen molar-refractivity contribution < 1.29 is 5.02 Å². The van der Waals surface area contributed by atoms with Crippen LogP contribution in [-0.4, -0.2) is 12.5 Å². The third kappa shape index (κ3) is 2.36. The monoisotopic (exact) mass is 419 g/mol. The topological polar surface area (TPSA) is 20.2 Å². The lowest BCUT2D eigenvalue weighted by molar-refractivity contribution is 0.615. The van der Waals surface area contributed by atoms with Crippen molar-refractivity contribution in [2.24, 2.45) is 0 Å². The van der Waals surface area contributed by atoms with Gasteiger partial charge in [-0.3, -0.25) is 0 Å². The van der Waals surface area contributed by atoms with E-state index in [0.717, 1.165) is 24.1 Å². The van der Waals surface area contributed by atoms with Gasteiger partial charge in [0.15, 0.2) is 0 Å². The Hall–Kier alpha value is -3.88. The number of hydrogen-bond acceptors (Lipinski definition) is 1. The van der Waals surface area contributed by atoms with Gasteiger partial charge in [0, 0.05) is 0 Å². The van der Waals surface area contributed by atoms with Gasteiger partial charge in [-0.2, -0.15) is 0 Å². The number of benzene rings is 5. The number of rotatable bonds is 2. The molecule has 2 heteroatoms. The molecule has 33 heavy (non-hydrogen) atoms. The highest BCUT2D eigenvalue weighted by atomic mass is 16.2. The van der Waals surface area contributed by atoms with E-state index in [0.29, 0.717) is 0 Å². The van der Waals surface area contributed by atoms with Gasteiger partial charge in [-0.05, 0) is 61.7 Å². The summed E-state index contributed by atoms with van der Waals surface area (Å²) in [6.07, 6.45) is 0. The Labute approximate surface area is 194 Å². The molecule has 0 fully saturated rings. The highest BCUT2D eigenvalue weighted by molar-refractivity contribution is 6.45. The normalized spacial score (nSPS) is 13.8. The molecule has 0 saturated carbocycles. The molecule has 0 unspecified atom stereocenters. The molecule has 2 aliphatic rings. The summed E-state index contributed by atoms with van der Waals surface area (Å²) in [5, 5.41) is 9.54. The standard InChI is InChI=1S/C31H20BO/c33-32-22-9-7-8-20(18-22)21-16-17-26-25-12-3-6-15-29(25)31(30(26)19-21)27-13-4-1-10-23(27)24-11-2-5-14-28(24)31/h1-19,33H. The molecule has 0 aliphatic heterocycles. The first kappa shape index (κ1) is 18.7. The van der Waals surface area contributed by atoms with Gasteiger partial charge >= 0.3 is 7.48 Å². The van der Waals surface area contributed by atoms with Crippen LogP contribution in [0.15, 0.2) is 115 Å². The molecule has 7 rings (SSSR count). The van der Waals surface area contributed by atoms with Crippen LogP contribution in [0.1, 0.15) is 22.3 Å². The second-order valence-electron chi connectivity index (χ2n) is 8.90. The predicted octanol–water partition coefficient (Wildman–Crippen LogP) is 5.93. The van der Waals surface area contributed by atoms with E-state index in [1.807, 2.05) is 18.2 Å². The Kier molecular flexibility index (Phi) is 3.85. The Bertz CT molecular complexity index is 1500. The molecule has 0 amide bonds. The molecule has 0 heterocycles. The zero-order valence-corrected chi connectivity index (χ0v) is 18.0. The Balaban J connectivity index is 1.60. The summed E-state index contributed by atoms with van der Waals surface area (Å²) in [4.78, 5) is 0. The van der Waals surface area contributed by atoms with Crippen molar-refractivity contribution in [3.8, 4) is 33.4 Å². The summed E-state index contributed by atoms with van der Waals surface area (Å²) in [6, 6.07) is 41.5. The third-order valence-electron chi connectivity index (χ3n) is 7.37. The Morgan fingerprint density at radius 2 is 0.970 bits per heavy atom. The van der Waals surface area contributed by atoms with Crippen LogP contribution in [0.25, 0.3) is 33.4 Å². The van der Waals surface area contributed by atoms with Gasteiger partial charge in [-0.15, -0.1) is 0 Å². The van der Waals surface area contributed by atoms with E-state index >= 15 is 0 Å². The molecular formula is C31H20BO. The van der Waals surface area contributed by atoms with Gasteiger partial charge in [0.2, 0.25) is 0 Å². The van der Waals surface area contributed by atoms with Crippen LogP contribution in [0, 0.1) is 0 Å². The average molecular weight is 419 g/mol. The molecule has 5 aromatic rings. The fourth-order valence-corrected chi connectivity index (χ4v) is 6.07. The van der Waals surface area contributed by atoms with Crippen LogP contribution in [0.5, 0.6) is 0 Å². The summed E-state index contributed by atoms with van der Waals surface area (Å²) in [6.45, 7) is 0. The highest BCUT2D eigenvalue weighted by Crippen LogP contribution is 2.62. The van der Waals surface area contributed by atoms with Crippen molar-refractivity contribution in [2.75, 3.05) is 0 Å². The lowest BCUT2D eigenvalue weighted by Gasteiger charge is -2.30. The second-order valence-corrected chi connectivity index (χ2v) is 8.90. The molecule has 0 atom stereocenters. The van der Waals surface area contributed by atoms with Crippen molar-refractivity contribution in [3.63, 3.8) is 0 Å². The fraction of sp³-hybridized carbons (Fsp3) is 0.0323. The lowest BCUT2D eigenvalue weighted by atomic mass is 9.70. The summed E-state index contributed by atoms with van der Waals surface area (Å²) in [5.74, 6) is 0. The lowest BCUT2D eigenvalue weighted by Crippen LogP contribution is -2.25. The van der Waals surface area contributed by atoms with Gasteiger partial charge in [-0.25, -0.2) is 0 Å². The van der Waals surface area contributed by atoms with E-state index < -0.39 is 0 Å². The van der Waals surface area contributed by atoms with E-state index in [2.05, 4.69) is 97.1 Å².